The van der Waals surface area contributed by atoms with Crippen LogP contribution in [0.3, 0.4) is 0 Å². The van der Waals surface area contributed by atoms with E-state index in [2.05, 4.69) is 0 Å². The van der Waals surface area contributed by atoms with Gasteiger partial charge in [0.05, 0.1) is 11.0 Å². The van der Waals surface area contributed by atoms with Gasteiger partial charge in [-0.2, -0.15) is 0 Å². The zero-order chi connectivity index (χ0) is 42.4. The Morgan fingerprint density at radius 2 is 0.774 bits per heavy atom. The molecule has 0 saturated heterocycles. The second-order valence-corrected chi connectivity index (χ2v) is 12.7. The second-order valence-electron chi connectivity index (χ2n) is 12.7. The maximum Gasteiger partial charge on any atom is 0.0645 e. The molecule has 0 unspecified atom stereocenters. The summed E-state index contributed by atoms with van der Waals surface area (Å²) < 4.78 is 76.4. The van der Waals surface area contributed by atoms with E-state index in [0.717, 1.165) is 44.2 Å². The summed E-state index contributed by atoms with van der Waals surface area (Å²) in [7, 11) is 0. The third-order valence-electron chi connectivity index (χ3n) is 9.43. The number of fused-ring (bicyclic) bond motifs is 1. The van der Waals surface area contributed by atoms with Gasteiger partial charge < -0.3 is 4.90 Å². The molecule has 0 heterocycles. The van der Waals surface area contributed by atoms with E-state index < -0.39 is 24.2 Å². The number of rotatable bonds is 8. The maximum atomic E-state index is 9.61. The largest absolute Gasteiger partial charge is 0.311 e. The van der Waals surface area contributed by atoms with E-state index in [9.17, 15) is 11.0 Å². The lowest BCUT2D eigenvalue weighted by atomic mass is 9.89. The zero-order valence-corrected chi connectivity index (χ0v) is 28.7. The molecular weight excluding hydrogens is 639 g/mol. The lowest BCUT2D eigenvalue weighted by Gasteiger charge is -2.26. The number of hydrogen-bond donors (Lipinski definition) is 0. The highest BCUT2D eigenvalue weighted by Gasteiger charge is 2.16. The van der Waals surface area contributed by atoms with Crippen LogP contribution >= 0.6 is 0 Å². The molecule has 0 aliphatic rings. The summed E-state index contributed by atoms with van der Waals surface area (Å²) in [5.41, 5.74) is 6.54. The van der Waals surface area contributed by atoms with Gasteiger partial charge in [-0.05, 0) is 109 Å². The SMILES string of the molecule is [2H]c1c([2H])c(N(c2ccccc2)c2c([2H])c([2H])c(-c3c(-c4ccccc4)ccc4ccccc34)c([2H])c2[2H])c([2H])c([2H])c1-c1ccc(-c2ccccc2)c(-c2ccccc2)c1. The van der Waals surface area contributed by atoms with Crippen molar-refractivity contribution in [3.63, 3.8) is 0 Å². The summed E-state index contributed by atoms with van der Waals surface area (Å²) in [5.74, 6) is 0. The number of para-hydroxylation sites is 1. The molecule has 9 rings (SSSR count). The van der Waals surface area contributed by atoms with Gasteiger partial charge in [-0.3, -0.25) is 0 Å². The first-order chi connectivity index (χ1) is 29.7. The fourth-order valence-corrected chi connectivity index (χ4v) is 6.88. The molecule has 1 heteroatoms. The average Bonchev–Trinajstić information content (AvgIpc) is 3.31. The lowest BCUT2D eigenvalue weighted by Crippen LogP contribution is -2.09. The van der Waals surface area contributed by atoms with Gasteiger partial charge in [-0.25, -0.2) is 0 Å². The molecule has 0 saturated carbocycles. The molecule has 0 radical (unpaired) electrons. The number of benzene rings is 9. The first-order valence-electron chi connectivity index (χ1n) is 21.5. The zero-order valence-electron chi connectivity index (χ0n) is 36.7. The quantitative estimate of drug-likeness (QED) is 0.154. The van der Waals surface area contributed by atoms with Crippen molar-refractivity contribution in [3.8, 4) is 55.6 Å². The fourth-order valence-electron chi connectivity index (χ4n) is 6.88. The smallest absolute Gasteiger partial charge is 0.0645 e. The number of anilines is 3. The van der Waals surface area contributed by atoms with Gasteiger partial charge in [-0.1, -0.05) is 182 Å². The van der Waals surface area contributed by atoms with Crippen LogP contribution in [0, 0.1) is 0 Å². The van der Waals surface area contributed by atoms with Crippen molar-refractivity contribution in [2.75, 3.05) is 4.90 Å². The van der Waals surface area contributed by atoms with E-state index in [-0.39, 0.29) is 46.7 Å². The molecule has 0 spiro atoms. The molecule has 0 atom stereocenters. The molecule has 0 amide bonds. The van der Waals surface area contributed by atoms with Crippen LogP contribution in [0.4, 0.5) is 17.1 Å². The van der Waals surface area contributed by atoms with E-state index in [1.807, 2.05) is 146 Å². The summed E-state index contributed by atoms with van der Waals surface area (Å²) in [6.07, 6.45) is 0. The van der Waals surface area contributed by atoms with Crippen LogP contribution < -0.4 is 4.90 Å². The summed E-state index contributed by atoms with van der Waals surface area (Å²) in [6, 6.07) is 52.4. The second kappa shape index (κ2) is 14.3. The Hall–Kier alpha value is -6.96. The predicted octanol–water partition coefficient (Wildman–Crippen LogP) is 14.6. The Morgan fingerprint density at radius 1 is 0.302 bits per heavy atom. The van der Waals surface area contributed by atoms with E-state index >= 15 is 0 Å². The first-order valence-corrected chi connectivity index (χ1v) is 17.5. The first kappa shape index (κ1) is 24.3. The monoisotopic (exact) mass is 683 g/mol. The molecule has 1 nitrogen and oxygen atoms in total. The third kappa shape index (κ3) is 6.42. The van der Waals surface area contributed by atoms with Crippen LogP contribution in [0.2, 0.25) is 0 Å². The van der Waals surface area contributed by atoms with E-state index in [1.165, 1.54) is 4.90 Å². The topological polar surface area (TPSA) is 3.24 Å². The Bertz CT molecular complexity index is 3040. The molecule has 0 N–H and O–H groups in total. The van der Waals surface area contributed by atoms with Crippen molar-refractivity contribution in [2.45, 2.75) is 0 Å². The molecule has 53 heavy (non-hydrogen) atoms. The van der Waals surface area contributed by atoms with E-state index in [4.69, 9.17) is 0 Å². The minimum Gasteiger partial charge on any atom is -0.311 e. The van der Waals surface area contributed by atoms with Crippen LogP contribution in [-0.2, 0) is 0 Å². The van der Waals surface area contributed by atoms with Gasteiger partial charge in [0.15, 0.2) is 0 Å². The highest BCUT2D eigenvalue weighted by molar-refractivity contribution is 6.04. The molecule has 250 valence electrons. The van der Waals surface area contributed by atoms with Crippen molar-refractivity contribution in [1.29, 1.82) is 0 Å². The van der Waals surface area contributed by atoms with Crippen LogP contribution in [0.25, 0.3) is 66.4 Å². The van der Waals surface area contributed by atoms with Gasteiger partial charge in [0.25, 0.3) is 0 Å². The average molecular weight is 684 g/mol. The van der Waals surface area contributed by atoms with Crippen LogP contribution in [0.5, 0.6) is 0 Å². The standard InChI is InChI=1S/C52H37N/c1-5-15-39(16-6-1)48-35-30-44(37-51(48)41-19-9-3-10-20-41)38-25-31-46(32-26-38)53(45-22-11-4-12-23-45)47-33-27-43(28-34-47)52-49-24-14-13-21-42(49)29-36-50(52)40-17-7-2-8-18-40/h1-37H/i25D,26D,27D,28D,31D,32D,33D,34D. The van der Waals surface area contributed by atoms with Crippen LogP contribution in [-0.4, -0.2) is 0 Å². The third-order valence-corrected chi connectivity index (χ3v) is 9.43. The molecule has 0 aliphatic carbocycles. The molecular formula is C52H37N. The molecule has 0 bridgehead atoms. The van der Waals surface area contributed by atoms with Crippen molar-refractivity contribution < 1.29 is 11.0 Å². The van der Waals surface area contributed by atoms with Gasteiger partial charge >= 0.3 is 0 Å². The molecule has 0 aliphatic heterocycles. The molecule has 0 fully saturated rings. The minimum absolute atomic E-state index is 0.0999. The Balaban J connectivity index is 1.27. The molecule has 0 aromatic heterocycles. The van der Waals surface area contributed by atoms with Crippen LogP contribution in [0.1, 0.15) is 11.0 Å². The van der Waals surface area contributed by atoms with E-state index in [1.54, 1.807) is 30.3 Å². The van der Waals surface area contributed by atoms with Gasteiger partial charge in [-0.15, -0.1) is 0 Å². The summed E-state index contributed by atoms with van der Waals surface area (Å²) in [5, 5.41) is 1.64. The maximum absolute atomic E-state index is 9.61. The van der Waals surface area contributed by atoms with Crippen molar-refractivity contribution in [3.05, 3.63) is 224 Å². The molecule has 9 aromatic carbocycles. The van der Waals surface area contributed by atoms with Crippen molar-refractivity contribution in [1.82, 2.24) is 0 Å². The lowest BCUT2D eigenvalue weighted by molar-refractivity contribution is 1.28. The Labute approximate surface area is 323 Å². The normalized spacial score (nSPS) is 13.1. The van der Waals surface area contributed by atoms with Gasteiger partial charge in [0.2, 0.25) is 0 Å². The van der Waals surface area contributed by atoms with Crippen molar-refractivity contribution in [2.24, 2.45) is 0 Å². The summed E-state index contributed by atoms with van der Waals surface area (Å²) in [4.78, 5) is 1.34. The highest BCUT2D eigenvalue weighted by atomic mass is 15.1. The Morgan fingerprint density at radius 3 is 1.38 bits per heavy atom. The van der Waals surface area contributed by atoms with Gasteiger partial charge in [0.1, 0.15) is 0 Å². The van der Waals surface area contributed by atoms with Crippen LogP contribution in [0.15, 0.2) is 224 Å². The predicted molar refractivity (Wildman–Crippen MR) is 226 cm³/mol. The number of nitrogens with zero attached hydrogens (tertiary/aromatic N) is 1. The molecule has 9 aromatic rings. The summed E-state index contributed by atoms with van der Waals surface area (Å²) in [6.45, 7) is 0. The fraction of sp³-hybridized carbons (Fsp3) is 0. The summed E-state index contributed by atoms with van der Waals surface area (Å²) >= 11 is 0. The Kier molecular flexibility index (Phi) is 6.57. The highest BCUT2D eigenvalue weighted by Crippen LogP contribution is 2.42. The minimum atomic E-state index is -0.394. The van der Waals surface area contributed by atoms with Crippen molar-refractivity contribution >= 4 is 27.8 Å². The van der Waals surface area contributed by atoms with E-state index in [0.29, 0.717) is 16.8 Å². The van der Waals surface area contributed by atoms with Gasteiger partial charge in [0, 0.05) is 17.1 Å². The number of hydrogen-bond acceptors (Lipinski definition) is 1.